The lowest BCUT2D eigenvalue weighted by Gasteiger charge is -2.02. The second-order valence-corrected chi connectivity index (χ2v) is 3.19. The molecular formula is C8H6Cl2FNO. The Balaban J connectivity index is 3.23. The van der Waals surface area contributed by atoms with Crippen LogP contribution in [0.1, 0.15) is 10.4 Å². The Kier molecular flexibility index (Phi) is 3.25. The minimum atomic E-state index is -0.678. The van der Waals surface area contributed by atoms with Crippen LogP contribution in [-0.2, 0) is 0 Å². The van der Waals surface area contributed by atoms with Crippen LogP contribution in [0.3, 0.4) is 0 Å². The third kappa shape index (κ3) is 2.18. The molecule has 0 radical (unpaired) electrons. The number of carbonyl (C=O) groups is 1. The second kappa shape index (κ2) is 4.05. The van der Waals surface area contributed by atoms with Crippen molar-refractivity contribution in [2.24, 2.45) is 5.73 Å². The summed E-state index contributed by atoms with van der Waals surface area (Å²) in [6, 6.07) is 2.17. The first-order chi connectivity index (χ1) is 6.06. The van der Waals surface area contributed by atoms with E-state index in [1.807, 2.05) is 0 Å². The van der Waals surface area contributed by atoms with Crippen LogP contribution < -0.4 is 5.73 Å². The molecule has 0 saturated heterocycles. The lowest BCUT2D eigenvalue weighted by Crippen LogP contribution is -2.14. The van der Waals surface area contributed by atoms with Gasteiger partial charge in [0, 0.05) is 5.56 Å². The summed E-state index contributed by atoms with van der Waals surface area (Å²) in [4.78, 5) is 11.1. The Labute approximate surface area is 84.4 Å². The SMILES string of the molecule is NCC(=O)c1cc(F)c(Cl)cc1Cl. The van der Waals surface area contributed by atoms with E-state index < -0.39 is 11.6 Å². The van der Waals surface area contributed by atoms with Crippen LogP contribution >= 0.6 is 23.2 Å². The van der Waals surface area contributed by atoms with Gasteiger partial charge < -0.3 is 5.73 Å². The van der Waals surface area contributed by atoms with E-state index in [0.29, 0.717) is 0 Å². The number of benzene rings is 1. The van der Waals surface area contributed by atoms with Crippen molar-refractivity contribution >= 4 is 29.0 Å². The summed E-state index contributed by atoms with van der Waals surface area (Å²) in [7, 11) is 0. The van der Waals surface area contributed by atoms with E-state index >= 15 is 0 Å². The molecule has 0 aliphatic rings. The standard InChI is InChI=1S/C8H6Cl2FNO/c9-5-2-6(10)7(11)1-4(5)8(13)3-12/h1-2H,3,12H2. The molecule has 0 heterocycles. The molecule has 0 bridgehead atoms. The lowest BCUT2D eigenvalue weighted by atomic mass is 10.1. The Morgan fingerprint density at radius 1 is 1.38 bits per heavy atom. The molecule has 0 saturated carbocycles. The van der Waals surface area contributed by atoms with E-state index in [1.165, 1.54) is 6.07 Å². The maximum atomic E-state index is 12.9. The summed E-state index contributed by atoms with van der Waals surface area (Å²) in [6.07, 6.45) is 0. The summed E-state index contributed by atoms with van der Waals surface area (Å²) < 4.78 is 12.9. The maximum absolute atomic E-state index is 12.9. The number of halogens is 3. The molecule has 0 atom stereocenters. The van der Waals surface area contributed by atoms with Crippen molar-refractivity contribution in [3.05, 3.63) is 33.6 Å². The molecule has 13 heavy (non-hydrogen) atoms. The number of hydrogen-bond acceptors (Lipinski definition) is 2. The average Bonchev–Trinajstić information content (AvgIpc) is 2.10. The van der Waals surface area contributed by atoms with Gasteiger partial charge in [0.2, 0.25) is 0 Å². The summed E-state index contributed by atoms with van der Waals surface area (Å²) in [5.41, 5.74) is 5.16. The number of nitrogens with two attached hydrogens (primary N) is 1. The molecule has 0 aliphatic heterocycles. The summed E-state index contributed by atoms with van der Waals surface area (Å²) >= 11 is 11.1. The van der Waals surface area contributed by atoms with Crippen LogP contribution in [0.15, 0.2) is 12.1 Å². The third-order valence-corrected chi connectivity index (χ3v) is 2.10. The van der Waals surface area contributed by atoms with Gasteiger partial charge in [0.05, 0.1) is 16.6 Å². The molecule has 0 fully saturated rings. The van der Waals surface area contributed by atoms with Crippen LogP contribution in [-0.4, -0.2) is 12.3 Å². The van der Waals surface area contributed by atoms with E-state index in [-0.39, 0.29) is 22.2 Å². The van der Waals surface area contributed by atoms with Crippen LogP contribution in [0.5, 0.6) is 0 Å². The van der Waals surface area contributed by atoms with Gasteiger partial charge in [-0.05, 0) is 12.1 Å². The Morgan fingerprint density at radius 2 is 2.00 bits per heavy atom. The first kappa shape index (κ1) is 10.4. The van der Waals surface area contributed by atoms with Gasteiger partial charge in [0.15, 0.2) is 5.78 Å². The normalized spacial score (nSPS) is 10.2. The van der Waals surface area contributed by atoms with Gasteiger partial charge in [-0.3, -0.25) is 4.79 Å². The van der Waals surface area contributed by atoms with Crippen molar-refractivity contribution in [2.45, 2.75) is 0 Å². The summed E-state index contributed by atoms with van der Waals surface area (Å²) in [5.74, 6) is -1.09. The van der Waals surface area contributed by atoms with Gasteiger partial charge >= 0.3 is 0 Å². The molecular weight excluding hydrogens is 216 g/mol. The van der Waals surface area contributed by atoms with Gasteiger partial charge in [0.1, 0.15) is 5.82 Å². The predicted molar refractivity (Wildman–Crippen MR) is 49.8 cm³/mol. The summed E-state index contributed by atoms with van der Waals surface area (Å²) in [5, 5.41) is 0.000390. The quantitative estimate of drug-likeness (QED) is 0.616. The molecule has 0 unspecified atom stereocenters. The monoisotopic (exact) mass is 221 g/mol. The van der Waals surface area contributed by atoms with Gasteiger partial charge in [-0.1, -0.05) is 23.2 Å². The van der Waals surface area contributed by atoms with Crippen molar-refractivity contribution in [2.75, 3.05) is 6.54 Å². The molecule has 0 aliphatic carbocycles. The zero-order chi connectivity index (χ0) is 10.0. The molecule has 1 aromatic rings. The molecule has 5 heteroatoms. The highest BCUT2D eigenvalue weighted by Crippen LogP contribution is 2.24. The first-order valence-corrected chi connectivity index (χ1v) is 4.19. The van der Waals surface area contributed by atoms with Crippen molar-refractivity contribution in [1.29, 1.82) is 0 Å². The second-order valence-electron chi connectivity index (χ2n) is 2.37. The first-order valence-electron chi connectivity index (χ1n) is 3.44. The maximum Gasteiger partial charge on any atom is 0.177 e. The predicted octanol–water partition coefficient (Wildman–Crippen LogP) is 2.27. The van der Waals surface area contributed by atoms with E-state index in [0.717, 1.165) is 6.07 Å². The number of Topliss-reactive ketones (excluding diaryl/α,β-unsaturated/α-hetero) is 1. The lowest BCUT2D eigenvalue weighted by molar-refractivity contribution is 0.100. The molecule has 0 amide bonds. The zero-order valence-electron chi connectivity index (χ0n) is 6.48. The molecule has 1 rings (SSSR count). The molecule has 1 aromatic carbocycles. The van der Waals surface area contributed by atoms with Gasteiger partial charge in [-0.15, -0.1) is 0 Å². The average molecular weight is 222 g/mol. The smallest absolute Gasteiger partial charge is 0.177 e. The van der Waals surface area contributed by atoms with Crippen molar-refractivity contribution in [3.8, 4) is 0 Å². The topological polar surface area (TPSA) is 43.1 Å². The highest BCUT2D eigenvalue weighted by Gasteiger charge is 2.12. The van der Waals surface area contributed by atoms with Gasteiger partial charge in [-0.2, -0.15) is 0 Å². The molecule has 2 nitrogen and oxygen atoms in total. The van der Waals surface area contributed by atoms with Crippen LogP contribution in [0.2, 0.25) is 10.0 Å². The van der Waals surface area contributed by atoms with Crippen molar-refractivity contribution in [1.82, 2.24) is 0 Å². The Hall–Kier alpha value is -0.640. The van der Waals surface area contributed by atoms with Crippen LogP contribution in [0, 0.1) is 5.82 Å². The van der Waals surface area contributed by atoms with Crippen LogP contribution in [0.4, 0.5) is 4.39 Å². The largest absolute Gasteiger partial charge is 0.324 e. The van der Waals surface area contributed by atoms with E-state index in [2.05, 4.69) is 0 Å². The fraction of sp³-hybridized carbons (Fsp3) is 0.125. The Bertz CT molecular complexity index is 354. The molecule has 0 spiro atoms. The number of carbonyl (C=O) groups excluding carboxylic acids is 1. The van der Waals surface area contributed by atoms with Crippen LogP contribution in [0.25, 0.3) is 0 Å². The third-order valence-electron chi connectivity index (χ3n) is 1.50. The van der Waals surface area contributed by atoms with Crippen molar-refractivity contribution in [3.63, 3.8) is 0 Å². The Morgan fingerprint density at radius 3 is 2.54 bits per heavy atom. The minimum absolute atomic E-state index is 0.0612. The van der Waals surface area contributed by atoms with E-state index in [1.54, 1.807) is 0 Å². The van der Waals surface area contributed by atoms with Gasteiger partial charge in [0.25, 0.3) is 0 Å². The fourth-order valence-corrected chi connectivity index (χ4v) is 1.33. The van der Waals surface area contributed by atoms with E-state index in [9.17, 15) is 9.18 Å². The summed E-state index contributed by atoms with van der Waals surface area (Å²) in [6.45, 7) is -0.208. The molecule has 70 valence electrons. The highest BCUT2D eigenvalue weighted by atomic mass is 35.5. The number of ketones is 1. The highest BCUT2D eigenvalue weighted by molar-refractivity contribution is 6.37. The number of rotatable bonds is 2. The minimum Gasteiger partial charge on any atom is -0.324 e. The molecule has 0 aromatic heterocycles. The van der Waals surface area contributed by atoms with Crippen molar-refractivity contribution < 1.29 is 9.18 Å². The number of hydrogen-bond donors (Lipinski definition) is 1. The van der Waals surface area contributed by atoms with E-state index in [4.69, 9.17) is 28.9 Å². The zero-order valence-corrected chi connectivity index (χ0v) is 7.99. The molecule has 2 N–H and O–H groups in total. The fourth-order valence-electron chi connectivity index (χ4n) is 0.846. The van der Waals surface area contributed by atoms with Gasteiger partial charge in [-0.25, -0.2) is 4.39 Å².